The van der Waals surface area contributed by atoms with Gasteiger partial charge < -0.3 is 10.1 Å². The summed E-state index contributed by atoms with van der Waals surface area (Å²) in [6.45, 7) is 6.67. The fourth-order valence-corrected chi connectivity index (χ4v) is 3.59. The third-order valence-electron chi connectivity index (χ3n) is 3.18. The fraction of sp³-hybridized carbons (Fsp3) is 0.444. The molecular formula is C18H24N2O2S2. The van der Waals surface area contributed by atoms with E-state index >= 15 is 0 Å². The molecule has 0 saturated heterocycles. The summed E-state index contributed by atoms with van der Waals surface area (Å²) in [6.07, 6.45) is 1.00. The van der Waals surface area contributed by atoms with Crippen LogP contribution in [0, 0.1) is 6.92 Å². The van der Waals surface area contributed by atoms with Crippen LogP contribution in [-0.4, -0.2) is 29.3 Å². The summed E-state index contributed by atoms with van der Waals surface area (Å²) in [5, 5.41) is 6.08. The van der Waals surface area contributed by atoms with Gasteiger partial charge in [-0.3, -0.25) is 4.79 Å². The summed E-state index contributed by atoms with van der Waals surface area (Å²) in [5.41, 5.74) is 2.25. The van der Waals surface area contributed by atoms with Crippen LogP contribution in [0.2, 0.25) is 0 Å². The number of amides is 1. The molecule has 1 N–H and O–H groups in total. The Kier molecular flexibility index (Phi) is 7.59. The van der Waals surface area contributed by atoms with Gasteiger partial charge in [-0.1, -0.05) is 12.1 Å². The lowest BCUT2D eigenvalue weighted by Gasteiger charge is -2.10. The molecular weight excluding hydrogens is 340 g/mol. The molecule has 0 bridgehead atoms. The van der Waals surface area contributed by atoms with Crippen molar-refractivity contribution in [2.24, 2.45) is 0 Å². The van der Waals surface area contributed by atoms with Crippen molar-refractivity contribution in [2.75, 3.05) is 12.3 Å². The number of ether oxygens (including phenoxy) is 1. The Hall–Kier alpha value is -1.53. The maximum Gasteiger partial charge on any atom is 0.230 e. The number of hydrogen-bond acceptors (Lipinski definition) is 5. The first kappa shape index (κ1) is 18.8. The summed E-state index contributed by atoms with van der Waals surface area (Å²) in [7, 11) is 0. The predicted molar refractivity (Wildman–Crippen MR) is 102 cm³/mol. The number of aromatic nitrogens is 1. The number of benzene rings is 1. The van der Waals surface area contributed by atoms with Crippen LogP contribution in [-0.2, 0) is 17.0 Å². The van der Waals surface area contributed by atoms with Gasteiger partial charge in [-0.25, -0.2) is 4.98 Å². The Labute approximate surface area is 152 Å². The quantitative estimate of drug-likeness (QED) is 0.735. The van der Waals surface area contributed by atoms with Crippen molar-refractivity contribution in [3.05, 3.63) is 45.9 Å². The van der Waals surface area contributed by atoms with Crippen LogP contribution in [0.15, 0.2) is 29.6 Å². The molecule has 0 unspecified atom stereocenters. The molecule has 0 aliphatic carbocycles. The van der Waals surface area contributed by atoms with Crippen molar-refractivity contribution < 1.29 is 9.53 Å². The smallest absolute Gasteiger partial charge is 0.230 e. The Bertz CT molecular complexity index is 639. The van der Waals surface area contributed by atoms with E-state index in [9.17, 15) is 4.79 Å². The average molecular weight is 365 g/mol. The molecule has 6 heteroatoms. The van der Waals surface area contributed by atoms with Gasteiger partial charge in [-0.15, -0.1) is 23.1 Å². The highest BCUT2D eigenvalue weighted by Crippen LogP contribution is 2.15. The highest BCUT2D eigenvalue weighted by atomic mass is 32.2. The van der Waals surface area contributed by atoms with E-state index in [4.69, 9.17) is 4.74 Å². The molecule has 130 valence electrons. The summed E-state index contributed by atoms with van der Waals surface area (Å²) in [6, 6.07) is 8.04. The van der Waals surface area contributed by atoms with Crippen LogP contribution in [0.5, 0.6) is 5.75 Å². The largest absolute Gasteiger partial charge is 0.491 e. The molecule has 0 aliphatic rings. The third-order valence-corrected chi connectivity index (χ3v) is 4.97. The lowest BCUT2D eigenvalue weighted by Crippen LogP contribution is -2.27. The zero-order valence-corrected chi connectivity index (χ0v) is 16.0. The van der Waals surface area contributed by atoms with Crippen LogP contribution in [0.1, 0.15) is 30.1 Å². The average Bonchev–Trinajstić information content (AvgIpc) is 2.94. The normalized spacial score (nSPS) is 10.8. The van der Waals surface area contributed by atoms with Crippen LogP contribution < -0.4 is 10.1 Å². The van der Waals surface area contributed by atoms with Gasteiger partial charge in [-0.05, 0) is 44.9 Å². The van der Waals surface area contributed by atoms with E-state index in [2.05, 4.69) is 10.3 Å². The minimum Gasteiger partial charge on any atom is -0.491 e. The second-order valence-electron chi connectivity index (χ2n) is 5.76. The molecule has 1 aromatic carbocycles. The van der Waals surface area contributed by atoms with Crippen molar-refractivity contribution in [2.45, 2.75) is 39.0 Å². The molecule has 0 spiro atoms. The summed E-state index contributed by atoms with van der Waals surface area (Å²) < 4.78 is 5.62. The molecule has 0 saturated carbocycles. The molecule has 2 aromatic rings. The van der Waals surface area contributed by atoms with Crippen molar-refractivity contribution in [1.29, 1.82) is 0 Å². The summed E-state index contributed by atoms with van der Waals surface area (Å²) in [5.74, 6) is 2.21. The third kappa shape index (κ3) is 6.93. The van der Waals surface area contributed by atoms with Gasteiger partial charge in [0.15, 0.2) is 0 Å². The number of carbonyl (C=O) groups excluding carboxylic acids is 1. The highest BCUT2D eigenvalue weighted by Gasteiger charge is 2.04. The molecule has 0 fully saturated rings. The maximum atomic E-state index is 11.8. The van der Waals surface area contributed by atoms with Gasteiger partial charge in [0.2, 0.25) is 5.91 Å². The van der Waals surface area contributed by atoms with Gasteiger partial charge in [-0.2, -0.15) is 0 Å². The molecule has 1 amide bonds. The molecule has 2 rings (SSSR count). The van der Waals surface area contributed by atoms with Crippen LogP contribution in [0.25, 0.3) is 0 Å². The monoisotopic (exact) mass is 364 g/mol. The molecule has 24 heavy (non-hydrogen) atoms. The Morgan fingerprint density at radius 3 is 2.71 bits per heavy atom. The molecule has 4 nitrogen and oxygen atoms in total. The molecule has 0 atom stereocenters. The first-order valence-electron chi connectivity index (χ1n) is 8.04. The predicted octanol–water partition coefficient (Wildman–Crippen LogP) is 3.83. The Morgan fingerprint density at radius 1 is 1.33 bits per heavy atom. The van der Waals surface area contributed by atoms with Crippen molar-refractivity contribution in [3.63, 3.8) is 0 Å². The van der Waals surface area contributed by atoms with E-state index in [1.54, 1.807) is 23.1 Å². The number of aryl methyl sites for hydroxylation is 1. The highest BCUT2D eigenvalue weighted by molar-refractivity contribution is 7.99. The van der Waals surface area contributed by atoms with Crippen LogP contribution >= 0.6 is 23.1 Å². The van der Waals surface area contributed by atoms with Gasteiger partial charge in [0.1, 0.15) is 5.75 Å². The molecule has 1 heterocycles. The van der Waals surface area contributed by atoms with E-state index in [0.717, 1.165) is 28.6 Å². The summed E-state index contributed by atoms with van der Waals surface area (Å²) in [4.78, 5) is 16.2. The SMILES string of the molecule is Cc1nc(CSCC(=O)NCCc2ccc(OC(C)C)cc2)cs1. The van der Waals surface area contributed by atoms with Gasteiger partial charge in [0.25, 0.3) is 0 Å². The maximum absolute atomic E-state index is 11.8. The van der Waals surface area contributed by atoms with E-state index in [1.165, 1.54) is 5.56 Å². The standard InChI is InChI=1S/C18H24N2O2S2/c1-13(2)22-17-6-4-15(5-7-17)8-9-19-18(21)12-23-10-16-11-24-14(3)20-16/h4-7,11,13H,8-10,12H2,1-3H3,(H,19,21). The second-order valence-corrected chi connectivity index (χ2v) is 7.81. The minimum atomic E-state index is 0.0757. The van der Waals surface area contributed by atoms with Crippen molar-refractivity contribution >= 4 is 29.0 Å². The molecule has 0 radical (unpaired) electrons. The first-order valence-corrected chi connectivity index (χ1v) is 10.1. The van der Waals surface area contributed by atoms with Crippen LogP contribution in [0.4, 0.5) is 0 Å². The summed E-state index contributed by atoms with van der Waals surface area (Å²) >= 11 is 3.24. The van der Waals surface area contributed by atoms with Gasteiger partial charge in [0.05, 0.1) is 22.6 Å². The number of nitrogens with zero attached hydrogens (tertiary/aromatic N) is 1. The second kappa shape index (κ2) is 9.69. The van der Waals surface area contributed by atoms with E-state index in [1.807, 2.05) is 50.4 Å². The van der Waals surface area contributed by atoms with Crippen molar-refractivity contribution in [1.82, 2.24) is 10.3 Å². The zero-order valence-electron chi connectivity index (χ0n) is 14.4. The molecule has 1 aromatic heterocycles. The van der Waals surface area contributed by atoms with E-state index < -0.39 is 0 Å². The van der Waals surface area contributed by atoms with Gasteiger partial charge in [0, 0.05) is 17.7 Å². The number of carbonyl (C=O) groups is 1. The molecule has 0 aliphatic heterocycles. The zero-order chi connectivity index (χ0) is 17.4. The number of thiazole rings is 1. The lowest BCUT2D eigenvalue weighted by molar-refractivity contribution is -0.118. The van der Waals surface area contributed by atoms with E-state index in [-0.39, 0.29) is 12.0 Å². The fourth-order valence-electron chi connectivity index (χ4n) is 2.13. The van der Waals surface area contributed by atoms with Gasteiger partial charge >= 0.3 is 0 Å². The first-order chi connectivity index (χ1) is 11.5. The number of hydrogen-bond donors (Lipinski definition) is 1. The topological polar surface area (TPSA) is 51.2 Å². The Morgan fingerprint density at radius 2 is 2.08 bits per heavy atom. The minimum absolute atomic E-state index is 0.0757. The van der Waals surface area contributed by atoms with E-state index in [0.29, 0.717) is 12.3 Å². The van der Waals surface area contributed by atoms with Crippen LogP contribution in [0.3, 0.4) is 0 Å². The number of nitrogens with one attached hydrogen (secondary N) is 1. The Balaban J connectivity index is 1.61. The number of rotatable bonds is 9. The lowest BCUT2D eigenvalue weighted by atomic mass is 10.1. The number of thioether (sulfide) groups is 1. The van der Waals surface area contributed by atoms with Crippen molar-refractivity contribution in [3.8, 4) is 5.75 Å².